The van der Waals surface area contributed by atoms with Gasteiger partial charge in [-0.25, -0.2) is 0 Å². The Hall–Kier alpha value is -2.09. The van der Waals surface area contributed by atoms with Gasteiger partial charge in [-0.1, -0.05) is 35.5 Å². The molecule has 1 aliphatic rings. The number of benzene rings is 1. The number of thioether (sulfide) groups is 1. The fourth-order valence-corrected chi connectivity index (χ4v) is 5.53. The lowest BCUT2D eigenvalue weighted by atomic mass is 9.95. The second-order valence-electron chi connectivity index (χ2n) is 6.81. The molecule has 1 amide bonds. The van der Waals surface area contributed by atoms with E-state index in [1.54, 1.807) is 18.2 Å². The van der Waals surface area contributed by atoms with Gasteiger partial charge in [0.25, 0.3) is 0 Å². The maximum absolute atomic E-state index is 12.3. The predicted molar refractivity (Wildman–Crippen MR) is 121 cm³/mol. The molecule has 0 saturated heterocycles. The minimum atomic E-state index is -0.111. The summed E-state index contributed by atoms with van der Waals surface area (Å²) in [4.78, 5) is 13.8. The number of thiophene rings is 1. The molecule has 0 radical (unpaired) electrons. The minimum absolute atomic E-state index is 0.111. The molecule has 0 fully saturated rings. The van der Waals surface area contributed by atoms with Crippen LogP contribution in [0.25, 0.3) is 11.4 Å². The molecule has 1 aromatic carbocycles. The average Bonchev–Trinajstić information content (AvgIpc) is 3.30. The summed E-state index contributed by atoms with van der Waals surface area (Å²) in [6, 6.07) is 7.11. The zero-order valence-electron chi connectivity index (χ0n) is 15.9. The quantitative estimate of drug-likeness (QED) is 0.388. The summed E-state index contributed by atoms with van der Waals surface area (Å²) in [5.74, 6) is 0.991. The van der Waals surface area contributed by atoms with Gasteiger partial charge < -0.3 is 5.32 Å². The lowest BCUT2D eigenvalue weighted by Crippen LogP contribution is -2.14. The topological polar surface area (TPSA) is 59.8 Å². The standard InChI is InChI=1S/C21H21ClN4OS2/c1-2-10-26-20(17-12-28-18-9-4-3-8-16(17)18)24-25-21(26)29-13-19(27)23-15-7-5-6-14(22)11-15/h2,5-7,11-12H,1,3-4,8-10,13H2,(H,23,27). The van der Waals surface area contributed by atoms with E-state index in [-0.39, 0.29) is 11.7 Å². The Labute approximate surface area is 183 Å². The second-order valence-corrected chi connectivity index (χ2v) is 9.15. The highest BCUT2D eigenvalue weighted by Crippen LogP contribution is 2.36. The SMILES string of the molecule is C=CCn1c(SCC(=O)Nc2cccc(Cl)c2)nnc1-c1csc2c1CCCC2. The summed E-state index contributed by atoms with van der Waals surface area (Å²) in [5.41, 5.74) is 3.27. The highest BCUT2D eigenvalue weighted by Gasteiger charge is 2.22. The molecule has 2 heterocycles. The molecule has 150 valence electrons. The monoisotopic (exact) mass is 444 g/mol. The summed E-state index contributed by atoms with van der Waals surface area (Å²) in [6.45, 7) is 4.47. The molecule has 8 heteroatoms. The molecule has 5 nitrogen and oxygen atoms in total. The third-order valence-electron chi connectivity index (χ3n) is 4.77. The van der Waals surface area contributed by atoms with Crippen LogP contribution in [0.1, 0.15) is 23.3 Å². The number of carbonyl (C=O) groups excluding carboxylic acids is 1. The molecule has 29 heavy (non-hydrogen) atoms. The average molecular weight is 445 g/mol. The first-order valence-electron chi connectivity index (χ1n) is 9.47. The van der Waals surface area contributed by atoms with E-state index in [1.165, 1.54) is 40.6 Å². The maximum Gasteiger partial charge on any atom is 0.234 e. The van der Waals surface area contributed by atoms with Gasteiger partial charge in [0.2, 0.25) is 5.91 Å². The molecule has 0 bridgehead atoms. The van der Waals surface area contributed by atoms with Gasteiger partial charge in [-0.15, -0.1) is 28.1 Å². The Morgan fingerprint density at radius 1 is 1.34 bits per heavy atom. The molecule has 2 aromatic heterocycles. The van der Waals surface area contributed by atoms with Crippen LogP contribution in [-0.2, 0) is 24.2 Å². The first-order valence-corrected chi connectivity index (χ1v) is 11.7. The van der Waals surface area contributed by atoms with Crippen LogP contribution in [-0.4, -0.2) is 26.4 Å². The Morgan fingerprint density at radius 3 is 3.03 bits per heavy atom. The summed E-state index contributed by atoms with van der Waals surface area (Å²) < 4.78 is 2.04. The third kappa shape index (κ3) is 4.57. The van der Waals surface area contributed by atoms with E-state index < -0.39 is 0 Å². The molecule has 0 spiro atoms. The van der Waals surface area contributed by atoms with E-state index >= 15 is 0 Å². The molecule has 3 aromatic rings. The van der Waals surface area contributed by atoms with Crippen molar-refractivity contribution in [1.82, 2.24) is 14.8 Å². The van der Waals surface area contributed by atoms with E-state index in [1.807, 2.05) is 28.0 Å². The number of aromatic nitrogens is 3. The number of rotatable bonds is 7. The Morgan fingerprint density at radius 2 is 2.21 bits per heavy atom. The highest BCUT2D eigenvalue weighted by atomic mass is 35.5. The minimum Gasteiger partial charge on any atom is -0.325 e. The fraction of sp³-hybridized carbons (Fsp3) is 0.286. The highest BCUT2D eigenvalue weighted by molar-refractivity contribution is 7.99. The molecule has 4 rings (SSSR count). The van der Waals surface area contributed by atoms with Crippen molar-refractivity contribution >= 4 is 46.3 Å². The Bertz CT molecular complexity index is 1040. The van der Waals surface area contributed by atoms with Gasteiger partial charge in [0.05, 0.1) is 5.75 Å². The van der Waals surface area contributed by atoms with Crippen LogP contribution in [0.4, 0.5) is 5.69 Å². The van der Waals surface area contributed by atoms with Crippen molar-refractivity contribution in [1.29, 1.82) is 0 Å². The number of anilines is 1. The van der Waals surface area contributed by atoms with Gasteiger partial charge in [0.1, 0.15) is 0 Å². The van der Waals surface area contributed by atoms with Crippen LogP contribution >= 0.6 is 34.7 Å². The maximum atomic E-state index is 12.3. The number of hydrogen-bond acceptors (Lipinski definition) is 5. The Kier molecular flexibility index (Phi) is 6.37. The van der Waals surface area contributed by atoms with Gasteiger partial charge in [-0.3, -0.25) is 9.36 Å². The first-order chi connectivity index (χ1) is 14.2. The smallest absolute Gasteiger partial charge is 0.234 e. The van der Waals surface area contributed by atoms with E-state index in [9.17, 15) is 4.79 Å². The number of nitrogens with one attached hydrogen (secondary N) is 1. The van der Waals surface area contributed by atoms with Gasteiger partial charge in [0, 0.05) is 33.1 Å². The molecule has 0 unspecified atom stereocenters. The predicted octanol–water partition coefficient (Wildman–Crippen LogP) is 5.46. The van der Waals surface area contributed by atoms with Crippen LogP contribution in [0.15, 0.2) is 47.5 Å². The van der Waals surface area contributed by atoms with Gasteiger partial charge >= 0.3 is 0 Å². The zero-order valence-corrected chi connectivity index (χ0v) is 18.2. The van der Waals surface area contributed by atoms with Gasteiger partial charge in [0.15, 0.2) is 11.0 Å². The number of fused-ring (bicyclic) bond motifs is 1. The van der Waals surface area contributed by atoms with Crippen molar-refractivity contribution in [2.45, 2.75) is 37.4 Å². The lowest BCUT2D eigenvalue weighted by molar-refractivity contribution is -0.113. The third-order valence-corrected chi connectivity index (χ3v) is 7.06. The van der Waals surface area contributed by atoms with Crippen LogP contribution in [0, 0.1) is 0 Å². The van der Waals surface area contributed by atoms with Crippen LogP contribution in [0.2, 0.25) is 5.02 Å². The van der Waals surface area contributed by atoms with Crippen molar-refractivity contribution in [2.24, 2.45) is 0 Å². The molecule has 1 N–H and O–H groups in total. The second kappa shape index (κ2) is 9.15. The molecular weight excluding hydrogens is 424 g/mol. The molecule has 0 atom stereocenters. The number of amides is 1. The zero-order chi connectivity index (χ0) is 20.2. The number of halogens is 1. The van der Waals surface area contributed by atoms with Crippen LogP contribution in [0.3, 0.4) is 0 Å². The number of nitrogens with zero attached hydrogens (tertiary/aromatic N) is 3. The lowest BCUT2D eigenvalue weighted by Gasteiger charge is -2.13. The van der Waals surface area contributed by atoms with Crippen molar-refractivity contribution in [3.05, 3.63) is 57.8 Å². The number of aryl methyl sites for hydroxylation is 1. The van der Waals surface area contributed by atoms with Crippen molar-refractivity contribution in [3.8, 4) is 11.4 Å². The number of allylic oxidation sites excluding steroid dienone is 1. The molecular formula is C21H21ClN4OS2. The van der Waals surface area contributed by atoms with Crippen molar-refractivity contribution in [2.75, 3.05) is 11.1 Å². The summed E-state index contributed by atoms with van der Waals surface area (Å²) in [5, 5.41) is 15.2. The van der Waals surface area contributed by atoms with E-state index in [0.717, 1.165) is 23.8 Å². The normalized spacial score (nSPS) is 13.1. The van der Waals surface area contributed by atoms with Crippen molar-refractivity contribution in [3.63, 3.8) is 0 Å². The summed E-state index contributed by atoms with van der Waals surface area (Å²) >= 11 is 9.16. The van der Waals surface area contributed by atoms with E-state index in [4.69, 9.17) is 11.6 Å². The van der Waals surface area contributed by atoms with Gasteiger partial charge in [-0.05, 0) is 49.4 Å². The fourth-order valence-electron chi connectivity index (χ4n) is 3.46. The summed E-state index contributed by atoms with van der Waals surface area (Å²) in [7, 11) is 0. The largest absolute Gasteiger partial charge is 0.325 e. The molecule has 0 saturated carbocycles. The Balaban J connectivity index is 1.50. The van der Waals surface area contributed by atoms with Crippen LogP contribution in [0.5, 0.6) is 0 Å². The molecule has 1 aliphatic carbocycles. The molecule has 0 aliphatic heterocycles. The van der Waals surface area contributed by atoms with E-state index in [0.29, 0.717) is 17.3 Å². The van der Waals surface area contributed by atoms with Crippen LogP contribution < -0.4 is 5.32 Å². The van der Waals surface area contributed by atoms with Crippen molar-refractivity contribution < 1.29 is 4.79 Å². The number of carbonyl (C=O) groups is 1. The summed E-state index contributed by atoms with van der Waals surface area (Å²) in [6.07, 6.45) is 6.56. The number of hydrogen-bond donors (Lipinski definition) is 1. The first kappa shape index (κ1) is 20.2. The van der Waals surface area contributed by atoms with E-state index in [2.05, 4.69) is 27.5 Å². The van der Waals surface area contributed by atoms with Gasteiger partial charge in [-0.2, -0.15) is 0 Å².